The maximum absolute atomic E-state index is 8.74. The molecule has 0 radical (unpaired) electrons. The minimum absolute atomic E-state index is 0.226. The number of hydrogen-bond donors (Lipinski definition) is 1. The first-order valence-electron chi connectivity index (χ1n) is 3.74. The van der Waals surface area contributed by atoms with E-state index in [-0.39, 0.29) is 12.5 Å². The predicted molar refractivity (Wildman–Crippen MR) is 44.6 cm³/mol. The number of hydrogen-bond acceptors (Lipinski definition) is 4. The zero-order valence-corrected chi connectivity index (χ0v) is 6.69. The van der Waals surface area contributed by atoms with Crippen LogP contribution in [0, 0.1) is 11.3 Å². The Labute approximate surface area is 74.0 Å². The quantitative estimate of drug-likeness (QED) is 0.704. The molecule has 0 unspecified atom stereocenters. The van der Waals surface area contributed by atoms with Gasteiger partial charge in [0.05, 0.1) is 11.6 Å². The summed E-state index contributed by atoms with van der Waals surface area (Å²) in [7, 11) is 0. The molecule has 1 aromatic carbocycles. The molecule has 0 atom stereocenters. The molecule has 0 fully saturated rings. The Morgan fingerprint density at radius 2 is 2.38 bits per heavy atom. The maximum Gasteiger partial charge on any atom is 0.221 e. The van der Waals surface area contributed by atoms with E-state index in [9.17, 15) is 0 Å². The van der Waals surface area contributed by atoms with E-state index in [0.29, 0.717) is 16.7 Å². The minimum Gasteiger partial charge on any atom is -0.438 e. The summed E-state index contributed by atoms with van der Waals surface area (Å²) in [6.07, 6.45) is 0. The van der Waals surface area contributed by atoms with Gasteiger partial charge < -0.3 is 9.52 Å². The van der Waals surface area contributed by atoms with Crippen LogP contribution in [0.1, 0.15) is 11.5 Å². The molecule has 2 aromatic rings. The lowest BCUT2D eigenvalue weighted by Crippen LogP contribution is -1.79. The number of nitriles is 1. The van der Waals surface area contributed by atoms with Crippen LogP contribution in [-0.2, 0) is 6.61 Å². The molecule has 0 bridgehead atoms. The summed E-state index contributed by atoms with van der Waals surface area (Å²) >= 11 is 0. The molecule has 0 spiro atoms. The molecule has 0 saturated heterocycles. The van der Waals surface area contributed by atoms with E-state index in [1.807, 2.05) is 6.07 Å². The third-order valence-corrected chi connectivity index (χ3v) is 1.70. The topological polar surface area (TPSA) is 70.0 Å². The highest BCUT2D eigenvalue weighted by atomic mass is 16.4. The van der Waals surface area contributed by atoms with E-state index in [4.69, 9.17) is 14.8 Å². The number of fused-ring (bicyclic) bond motifs is 1. The Morgan fingerprint density at radius 1 is 1.54 bits per heavy atom. The van der Waals surface area contributed by atoms with Gasteiger partial charge >= 0.3 is 0 Å². The number of rotatable bonds is 1. The van der Waals surface area contributed by atoms with Gasteiger partial charge in [0.15, 0.2) is 5.58 Å². The number of nitrogens with zero attached hydrogens (tertiary/aromatic N) is 2. The fourth-order valence-corrected chi connectivity index (χ4v) is 1.11. The van der Waals surface area contributed by atoms with Gasteiger partial charge in [0.1, 0.15) is 12.1 Å². The molecule has 4 heteroatoms. The van der Waals surface area contributed by atoms with Crippen LogP contribution in [0.5, 0.6) is 0 Å². The Bertz CT molecular complexity index is 482. The standard InChI is InChI=1S/C9H6N2O2/c10-4-6-1-2-8-7(3-6)11-9(5-12)13-8/h1-3,12H,5H2. The van der Waals surface area contributed by atoms with Crippen LogP contribution in [0.3, 0.4) is 0 Å². The molecule has 2 rings (SSSR count). The second-order valence-electron chi connectivity index (χ2n) is 2.56. The molecule has 64 valence electrons. The van der Waals surface area contributed by atoms with Crippen LogP contribution in [-0.4, -0.2) is 10.1 Å². The zero-order valence-electron chi connectivity index (χ0n) is 6.69. The van der Waals surface area contributed by atoms with Gasteiger partial charge in [-0.25, -0.2) is 4.98 Å². The summed E-state index contributed by atoms with van der Waals surface area (Å²) in [4.78, 5) is 3.97. The molecule has 0 aliphatic carbocycles. The van der Waals surface area contributed by atoms with Crippen molar-refractivity contribution in [3.8, 4) is 6.07 Å². The van der Waals surface area contributed by atoms with Gasteiger partial charge in [-0.1, -0.05) is 0 Å². The van der Waals surface area contributed by atoms with Crippen molar-refractivity contribution in [3.05, 3.63) is 29.7 Å². The summed E-state index contributed by atoms with van der Waals surface area (Å²) in [6.45, 7) is -0.226. The smallest absolute Gasteiger partial charge is 0.221 e. The van der Waals surface area contributed by atoms with Gasteiger partial charge in [0.2, 0.25) is 5.89 Å². The second kappa shape index (κ2) is 2.88. The van der Waals surface area contributed by atoms with Gasteiger partial charge in [-0.05, 0) is 18.2 Å². The van der Waals surface area contributed by atoms with Crippen molar-refractivity contribution in [2.75, 3.05) is 0 Å². The Kier molecular flexibility index (Phi) is 1.72. The van der Waals surface area contributed by atoms with E-state index in [1.165, 1.54) is 0 Å². The molecular weight excluding hydrogens is 168 g/mol. The van der Waals surface area contributed by atoms with Crippen LogP contribution < -0.4 is 0 Å². The summed E-state index contributed by atoms with van der Waals surface area (Å²) in [5.74, 6) is 0.269. The fourth-order valence-electron chi connectivity index (χ4n) is 1.11. The molecule has 0 saturated carbocycles. The Hall–Kier alpha value is -1.86. The van der Waals surface area contributed by atoms with Gasteiger partial charge in [0.25, 0.3) is 0 Å². The highest BCUT2D eigenvalue weighted by molar-refractivity contribution is 5.74. The van der Waals surface area contributed by atoms with Crippen molar-refractivity contribution in [1.82, 2.24) is 4.98 Å². The molecular formula is C9H6N2O2. The number of aromatic nitrogens is 1. The molecule has 1 heterocycles. The van der Waals surface area contributed by atoms with Crippen LogP contribution in [0.15, 0.2) is 22.6 Å². The predicted octanol–water partition coefficient (Wildman–Crippen LogP) is 1.19. The molecule has 1 N–H and O–H groups in total. The molecule has 4 nitrogen and oxygen atoms in total. The van der Waals surface area contributed by atoms with Crippen LogP contribution >= 0.6 is 0 Å². The largest absolute Gasteiger partial charge is 0.438 e. The molecule has 1 aromatic heterocycles. The van der Waals surface area contributed by atoms with Crippen molar-refractivity contribution < 1.29 is 9.52 Å². The van der Waals surface area contributed by atoms with Gasteiger partial charge in [-0.15, -0.1) is 0 Å². The van der Waals surface area contributed by atoms with Gasteiger partial charge in [-0.3, -0.25) is 0 Å². The van der Waals surface area contributed by atoms with Crippen LogP contribution in [0.4, 0.5) is 0 Å². The van der Waals surface area contributed by atoms with Gasteiger partial charge in [-0.2, -0.15) is 5.26 Å². The summed E-state index contributed by atoms with van der Waals surface area (Å²) in [6, 6.07) is 6.94. The average Bonchev–Trinajstić information content (AvgIpc) is 2.58. The average molecular weight is 174 g/mol. The van der Waals surface area contributed by atoms with Crippen molar-refractivity contribution in [1.29, 1.82) is 5.26 Å². The monoisotopic (exact) mass is 174 g/mol. The molecule has 0 amide bonds. The van der Waals surface area contributed by atoms with Crippen molar-refractivity contribution in [2.45, 2.75) is 6.61 Å². The first kappa shape index (κ1) is 7.77. The number of benzene rings is 1. The maximum atomic E-state index is 8.74. The minimum atomic E-state index is -0.226. The number of oxazole rings is 1. The van der Waals surface area contributed by atoms with Crippen LogP contribution in [0.25, 0.3) is 11.1 Å². The number of aliphatic hydroxyl groups is 1. The lowest BCUT2D eigenvalue weighted by molar-refractivity contribution is 0.244. The summed E-state index contributed by atoms with van der Waals surface area (Å²) in [5.41, 5.74) is 1.72. The van der Waals surface area contributed by atoms with E-state index in [1.54, 1.807) is 18.2 Å². The van der Waals surface area contributed by atoms with Crippen LogP contribution in [0.2, 0.25) is 0 Å². The summed E-state index contributed by atoms with van der Waals surface area (Å²) < 4.78 is 5.15. The SMILES string of the molecule is N#Cc1ccc2oc(CO)nc2c1. The molecule has 0 aliphatic rings. The Balaban J connectivity index is 2.65. The molecule has 13 heavy (non-hydrogen) atoms. The van der Waals surface area contributed by atoms with E-state index >= 15 is 0 Å². The third-order valence-electron chi connectivity index (χ3n) is 1.70. The van der Waals surface area contributed by atoms with E-state index in [2.05, 4.69) is 4.98 Å². The van der Waals surface area contributed by atoms with Gasteiger partial charge in [0, 0.05) is 0 Å². The second-order valence-corrected chi connectivity index (χ2v) is 2.56. The lowest BCUT2D eigenvalue weighted by atomic mass is 10.2. The normalized spacial score (nSPS) is 10.2. The van der Waals surface area contributed by atoms with Crippen molar-refractivity contribution >= 4 is 11.1 Å². The first-order valence-corrected chi connectivity index (χ1v) is 3.74. The number of aliphatic hydroxyl groups excluding tert-OH is 1. The lowest BCUT2D eigenvalue weighted by Gasteiger charge is -1.85. The first-order chi connectivity index (χ1) is 6.33. The van der Waals surface area contributed by atoms with E-state index < -0.39 is 0 Å². The van der Waals surface area contributed by atoms with Crippen molar-refractivity contribution in [3.63, 3.8) is 0 Å². The highest BCUT2D eigenvalue weighted by Gasteiger charge is 2.04. The third kappa shape index (κ3) is 1.25. The van der Waals surface area contributed by atoms with Crippen molar-refractivity contribution in [2.24, 2.45) is 0 Å². The Morgan fingerprint density at radius 3 is 3.08 bits per heavy atom. The molecule has 0 aliphatic heterocycles. The highest BCUT2D eigenvalue weighted by Crippen LogP contribution is 2.16. The fraction of sp³-hybridized carbons (Fsp3) is 0.111. The summed E-state index contributed by atoms with van der Waals surface area (Å²) in [5, 5.41) is 17.3. The zero-order chi connectivity index (χ0) is 9.26. The van der Waals surface area contributed by atoms with E-state index in [0.717, 1.165) is 0 Å².